The molecule has 7 heteroatoms. The molecule has 0 aliphatic heterocycles. The molecule has 0 fully saturated rings. The minimum absolute atomic E-state index is 0.0830. The summed E-state index contributed by atoms with van der Waals surface area (Å²) in [6.07, 6.45) is 0.495. The molecule has 0 spiro atoms. The number of primary sulfonamides is 1. The van der Waals surface area contributed by atoms with Gasteiger partial charge in [0.2, 0.25) is 10.0 Å². The highest BCUT2D eigenvalue weighted by Gasteiger charge is 2.21. The van der Waals surface area contributed by atoms with Crippen molar-refractivity contribution in [1.29, 1.82) is 0 Å². The lowest BCUT2D eigenvalue weighted by atomic mass is 10.1. The maximum absolute atomic E-state index is 12.2. The zero-order valence-corrected chi connectivity index (χ0v) is 14.9. The molecule has 1 rings (SSSR count). The summed E-state index contributed by atoms with van der Waals surface area (Å²) in [7, 11) is -3.90. The van der Waals surface area contributed by atoms with Crippen molar-refractivity contribution in [2.75, 3.05) is 0 Å². The predicted octanol–water partition coefficient (Wildman–Crippen LogP) is 3.00. The Labute approximate surface area is 134 Å². The zero-order valence-electron chi connectivity index (χ0n) is 12.5. The first kappa shape index (κ1) is 18.1. The molecule has 0 amide bonds. The summed E-state index contributed by atoms with van der Waals surface area (Å²) in [6.45, 7) is 7.42. The van der Waals surface area contributed by atoms with E-state index in [0.29, 0.717) is 16.0 Å². The molecule has 1 unspecified atom stereocenters. The molecule has 0 radical (unpaired) electrons. The molecule has 1 aromatic rings. The molecule has 118 valence electrons. The van der Waals surface area contributed by atoms with E-state index in [-0.39, 0.29) is 16.6 Å². The number of carbonyl (C=O) groups excluding carboxylic acids is 1. The topological polar surface area (TPSA) is 86.5 Å². The quantitative estimate of drug-likeness (QED) is 0.798. The third-order valence-electron chi connectivity index (χ3n) is 2.96. The summed E-state index contributed by atoms with van der Waals surface area (Å²) in [5.74, 6) is -0.150. The first-order valence-corrected chi connectivity index (χ1v) is 8.90. The average Bonchev–Trinajstić information content (AvgIpc) is 2.28. The second kappa shape index (κ2) is 6.89. The molecule has 1 aromatic carbocycles. The SMILES string of the molecule is Cc1c(C(=O)OC(C)CC(C)C)cc(Br)cc1S(N)(=O)=O. The van der Waals surface area contributed by atoms with Gasteiger partial charge in [-0.15, -0.1) is 0 Å². The minimum atomic E-state index is -3.90. The van der Waals surface area contributed by atoms with Gasteiger partial charge in [0.25, 0.3) is 0 Å². The van der Waals surface area contributed by atoms with Gasteiger partial charge >= 0.3 is 5.97 Å². The van der Waals surface area contributed by atoms with Crippen LogP contribution in [0, 0.1) is 12.8 Å². The number of ether oxygens (including phenoxy) is 1. The molecule has 0 heterocycles. The Kier molecular flexibility index (Phi) is 5.95. The zero-order chi connectivity index (χ0) is 16.4. The van der Waals surface area contributed by atoms with E-state index < -0.39 is 16.0 Å². The maximum Gasteiger partial charge on any atom is 0.338 e. The van der Waals surface area contributed by atoms with E-state index in [1.165, 1.54) is 19.1 Å². The number of sulfonamides is 1. The van der Waals surface area contributed by atoms with E-state index in [1.54, 1.807) is 0 Å². The Morgan fingerprint density at radius 2 is 1.90 bits per heavy atom. The standard InChI is InChI=1S/C14H20BrNO4S/c1-8(2)5-9(3)20-14(17)12-6-11(15)7-13(10(12)4)21(16,18)19/h6-9H,5H2,1-4H3,(H2,16,18,19). The summed E-state index contributed by atoms with van der Waals surface area (Å²) in [5.41, 5.74) is 0.492. The lowest BCUT2D eigenvalue weighted by Gasteiger charge is -2.17. The van der Waals surface area contributed by atoms with Crippen molar-refractivity contribution in [2.24, 2.45) is 11.1 Å². The van der Waals surface area contributed by atoms with Gasteiger partial charge in [-0.1, -0.05) is 29.8 Å². The van der Waals surface area contributed by atoms with Crippen molar-refractivity contribution >= 4 is 31.9 Å². The summed E-state index contributed by atoms with van der Waals surface area (Å²) in [6, 6.07) is 2.91. The highest BCUT2D eigenvalue weighted by Crippen LogP contribution is 2.25. The second-order valence-corrected chi connectivity index (χ2v) is 7.91. The van der Waals surface area contributed by atoms with Gasteiger partial charge < -0.3 is 4.74 Å². The number of halogens is 1. The molecule has 0 saturated heterocycles. The first-order chi connectivity index (χ1) is 9.52. The number of hydrogen-bond acceptors (Lipinski definition) is 4. The third-order valence-corrected chi connectivity index (χ3v) is 4.46. The van der Waals surface area contributed by atoms with Crippen LogP contribution in [0.15, 0.2) is 21.5 Å². The fraction of sp³-hybridized carbons (Fsp3) is 0.500. The number of carbonyl (C=O) groups is 1. The lowest BCUT2D eigenvalue weighted by molar-refractivity contribution is 0.0298. The van der Waals surface area contributed by atoms with Crippen LogP contribution in [-0.4, -0.2) is 20.5 Å². The van der Waals surface area contributed by atoms with Gasteiger partial charge in [-0.3, -0.25) is 0 Å². The van der Waals surface area contributed by atoms with Crippen LogP contribution in [0.4, 0.5) is 0 Å². The van der Waals surface area contributed by atoms with Crippen molar-refractivity contribution in [3.05, 3.63) is 27.7 Å². The number of benzene rings is 1. The average molecular weight is 378 g/mol. The highest BCUT2D eigenvalue weighted by molar-refractivity contribution is 9.10. The number of nitrogens with two attached hydrogens (primary N) is 1. The highest BCUT2D eigenvalue weighted by atomic mass is 79.9. The Hall–Kier alpha value is -0.920. The van der Waals surface area contributed by atoms with Crippen molar-refractivity contribution in [3.8, 4) is 0 Å². The van der Waals surface area contributed by atoms with E-state index in [4.69, 9.17) is 9.88 Å². The number of hydrogen-bond donors (Lipinski definition) is 1. The van der Waals surface area contributed by atoms with Gasteiger partial charge in [0.15, 0.2) is 0 Å². The summed E-state index contributed by atoms with van der Waals surface area (Å²) >= 11 is 3.19. The van der Waals surface area contributed by atoms with Crippen LogP contribution in [0.25, 0.3) is 0 Å². The van der Waals surface area contributed by atoms with Crippen LogP contribution in [0.2, 0.25) is 0 Å². The molecule has 21 heavy (non-hydrogen) atoms. The van der Waals surface area contributed by atoms with Gasteiger partial charge in [-0.05, 0) is 43.9 Å². The molecule has 2 N–H and O–H groups in total. The smallest absolute Gasteiger partial charge is 0.338 e. The Bertz CT molecular complexity index is 641. The third kappa shape index (κ3) is 5.09. The number of rotatable bonds is 5. The Morgan fingerprint density at radius 3 is 2.38 bits per heavy atom. The van der Waals surface area contributed by atoms with Gasteiger partial charge in [0.1, 0.15) is 0 Å². The lowest BCUT2D eigenvalue weighted by Crippen LogP contribution is -2.20. The van der Waals surface area contributed by atoms with Crippen LogP contribution >= 0.6 is 15.9 Å². The molecule has 0 aromatic heterocycles. The van der Waals surface area contributed by atoms with Crippen LogP contribution in [-0.2, 0) is 14.8 Å². The van der Waals surface area contributed by atoms with E-state index in [9.17, 15) is 13.2 Å². The van der Waals surface area contributed by atoms with Gasteiger partial charge in [0.05, 0.1) is 16.6 Å². The van der Waals surface area contributed by atoms with E-state index >= 15 is 0 Å². The summed E-state index contributed by atoms with van der Waals surface area (Å²) in [5, 5.41) is 5.16. The first-order valence-electron chi connectivity index (χ1n) is 6.56. The van der Waals surface area contributed by atoms with Gasteiger partial charge in [-0.2, -0.15) is 0 Å². The van der Waals surface area contributed by atoms with Crippen molar-refractivity contribution in [1.82, 2.24) is 0 Å². The van der Waals surface area contributed by atoms with E-state index in [1.807, 2.05) is 20.8 Å². The largest absolute Gasteiger partial charge is 0.459 e. The van der Waals surface area contributed by atoms with Crippen molar-refractivity contribution in [2.45, 2.75) is 45.1 Å². The monoisotopic (exact) mass is 377 g/mol. The normalized spacial score (nSPS) is 13.3. The van der Waals surface area contributed by atoms with E-state index in [0.717, 1.165) is 6.42 Å². The molecule has 5 nitrogen and oxygen atoms in total. The Balaban J connectivity index is 3.14. The van der Waals surface area contributed by atoms with Crippen LogP contribution in [0.5, 0.6) is 0 Å². The fourth-order valence-electron chi connectivity index (χ4n) is 2.12. The minimum Gasteiger partial charge on any atom is -0.459 e. The van der Waals surface area contributed by atoms with E-state index in [2.05, 4.69) is 15.9 Å². The molecule has 1 atom stereocenters. The fourth-order valence-corrected chi connectivity index (χ4v) is 3.56. The molecule has 0 aliphatic rings. The summed E-state index contributed by atoms with van der Waals surface area (Å²) in [4.78, 5) is 12.1. The molecule has 0 bridgehead atoms. The Morgan fingerprint density at radius 1 is 1.33 bits per heavy atom. The predicted molar refractivity (Wildman–Crippen MR) is 84.6 cm³/mol. The number of esters is 1. The van der Waals surface area contributed by atoms with Crippen LogP contribution in [0.3, 0.4) is 0 Å². The van der Waals surface area contributed by atoms with Gasteiger partial charge in [0, 0.05) is 4.47 Å². The second-order valence-electron chi connectivity index (χ2n) is 5.47. The van der Waals surface area contributed by atoms with Crippen LogP contribution in [0.1, 0.15) is 43.1 Å². The molecular weight excluding hydrogens is 358 g/mol. The molecule has 0 aliphatic carbocycles. The van der Waals surface area contributed by atoms with Gasteiger partial charge in [-0.25, -0.2) is 18.4 Å². The van der Waals surface area contributed by atoms with Crippen LogP contribution < -0.4 is 5.14 Å². The van der Waals surface area contributed by atoms with Crippen molar-refractivity contribution < 1.29 is 17.9 Å². The maximum atomic E-state index is 12.2. The van der Waals surface area contributed by atoms with Crippen molar-refractivity contribution in [3.63, 3.8) is 0 Å². The molecule has 0 saturated carbocycles. The summed E-state index contributed by atoms with van der Waals surface area (Å²) < 4.78 is 28.9. The molecular formula is C14H20BrNO4S.